The van der Waals surface area contributed by atoms with Gasteiger partial charge in [-0.1, -0.05) is 18.0 Å². The van der Waals surface area contributed by atoms with E-state index in [1.54, 1.807) is 18.5 Å². The van der Waals surface area contributed by atoms with Crippen LogP contribution in [0.25, 0.3) is 11.4 Å². The summed E-state index contributed by atoms with van der Waals surface area (Å²) < 4.78 is 10.8. The van der Waals surface area contributed by atoms with E-state index in [1.165, 1.54) is 12.5 Å². The summed E-state index contributed by atoms with van der Waals surface area (Å²) in [5.41, 5.74) is 1.28. The van der Waals surface area contributed by atoms with Crippen molar-refractivity contribution in [3.63, 3.8) is 0 Å². The van der Waals surface area contributed by atoms with E-state index < -0.39 is 0 Å². The Labute approximate surface area is 191 Å². The van der Waals surface area contributed by atoms with Crippen LogP contribution in [-0.4, -0.2) is 51.0 Å². The van der Waals surface area contributed by atoms with Gasteiger partial charge in [0.1, 0.15) is 6.26 Å². The second-order valence-electron chi connectivity index (χ2n) is 8.76. The number of aromatic nitrogens is 3. The van der Waals surface area contributed by atoms with Gasteiger partial charge >= 0.3 is 0 Å². The Hall–Kier alpha value is -3.49. The first kappa shape index (κ1) is 21.4. The average molecular weight is 450 g/mol. The van der Waals surface area contributed by atoms with Gasteiger partial charge in [0.05, 0.1) is 17.7 Å². The largest absolute Gasteiger partial charge is 0.472 e. The molecule has 3 unspecified atom stereocenters. The maximum atomic E-state index is 13.4. The number of hydrogen-bond donors (Lipinski definition) is 1. The lowest BCUT2D eigenvalue weighted by atomic mass is 9.99. The first-order chi connectivity index (χ1) is 16.2. The molecule has 2 aliphatic rings. The third-order valence-corrected chi connectivity index (χ3v) is 6.63. The minimum atomic E-state index is -0.335. The summed E-state index contributed by atoms with van der Waals surface area (Å²) in [5.74, 6) is 0.415. The molecule has 1 aliphatic carbocycles. The Morgan fingerprint density at radius 2 is 2.06 bits per heavy atom. The molecule has 9 nitrogen and oxygen atoms in total. The van der Waals surface area contributed by atoms with Crippen LogP contribution in [0.4, 0.5) is 0 Å². The second-order valence-corrected chi connectivity index (χ2v) is 8.76. The fourth-order valence-corrected chi connectivity index (χ4v) is 4.93. The fraction of sp³-hybridized carbons (Fsp3) is 0.458. The third kappa shape index (κ3) is 4.53. The standard InChI is InChI=1S/C24H27N5O4/c30-22-19-12-18(23-27-21(28-33-23)16-6-5-8-25-14-16)13-20(19)29(10-4-2-1-3-9-26-22)24(31)17-7-11-32-15-17/h5-8,11,14-15,18-20H,1-4,9-10,12-13H2,(H,26,30). The zero-order chi connectivity index (χ0) is 22.6. The van der Waals surface area contributed by atoms with Gasteiger partial charge in [0, 0.05) is 43.0 Å². The van der Waals surface area contributed by atoms with Gasteiger partial charge in [-0.2, -0.15) is 4.98 Å². The molecule has 3 atom stereocenters. The lowest BCUT2D eigenvalue weighted by molar-refractivity contribution is -0.126. The van der Waals surface area contributed by atoms with Crippen molar-refractivity contribution >= 4 is 11.8 Å². The fourth-order valence-electron chi connectivity index (χ4n) is 4.93. The Balaban J connectivity index is 1.43. The number of rotatable bonds is 3. The van der Waals surface area contributed by atoms with Gasteiger partial charge in [0.25, 0.3) is 5.91 Å². The monoisotopic (exact) mass is 449 g/mol. The van der Waals surface area contributed by atoms with E-state index in [2.05, 4.69) is 20.4 Å². The van der Waals surface area contributed by atoms with E-state index >= 15 is 0 Å². The summed E-state index contributed by atoms with van der Waals surface area (Å²) in [5, 5.41) is 7.20. The molecule has 4 heterocycles. The van der Waals surface area contributed by atoms with Crippen molar-refractivity contribution in [1.29, 1.82) is 0 Å². The van der Waals surface area contributed by atoms with E-state index in [-0.39, 0.29) is 29.7 Å². The van der Waals surface area contributed by atoms with E-state index in [4.69, 9.17) is 8.94 Å². The van der Waals surface area contributed by atoms with E-state index in [1.807, 2.05) is 17.0 Å². The van der Waals surface area contributed by atoms with Crippen LogP contribution in [0.1, 0.15) is 60.7 Å². The van der Waals surface area contributed by atoms with Crippen LogP contribution in [0.3, 0.4) is 0 Å². The highest BCUT2D eigenvalue weighted by Crippen LogP contribution is 2.41. The van der Waals surface area contributed by atoms with Gasteiger partial charge < -0.3 is 19.2 Å². The van der Waals surface area contributed by atoms with Gasteiger partial charge in [0.15, 0.2) is 0 Å². The molecule has 33 heavy (non-hydrogen) atoms. The van der Waals surface area contributed by atoms with Gasteiger partial charge in [-0.25, -0.2) is 0 Å². The first-order valence-electron chi connectivity index (χ1n) is 11.6. The molecule has 0 radical (unpaired) electrons. The highest BCUT2D eigenvalue weighted by atomic mass is 16.5. The van der Waals surface area contributed by atoms with Crippen molar-refractivity contribution < 1.29 is 18.5 Å². The molecule has 5 rings (SSSR count). The molecule has 1 aliphatic heterocycles. The summed E-state index contributed by atoms with van der Waals surface area (Å²) in [4.78, 5) is 37.1. The predicted molar refractivity (Wildman–Crippen MR) is 118 cm³/mol. The Morgan fingerprint density at radius 1 is 1.15 bits per heavy atom. The van der Waals surface area contributed by atoms with Crippen molar-refractivity contribution in [3.05, 3.63) is 54.6 Å². The van der Waals surface area contributed by atoms with Crippen LogP contribution < -0.4 is 5.32 Å². The molecule has 1 saturated carbocycles. The molecular weight excluding hydrogens is 422 g/mol. The molecule has 0 spiro atoms. The number of pyridine rings is 1. The summed E-state index contributed by atoms with van der Waals surface area (Å²) in [6, 6.07) is 5.12. The minimum Gasteiger partial charge on any atom is -0.472 e. The molecule has 0 bridgehead atoms. The summed E-state index contributed by atoms with van der Waals surface area (Å²) >= 11 is 0. The van der Waals surface area contributed by atoms with Crippen molar-refractivity contribution in [2.24, 2.45) is 5.92 Å². The number of amides is 2. The number of carbonyl (C=O) groups is 2. The Morgan fingerprint density at radius 3 is 2.88 bits per heavy atom. The van der Waals surface area contributed by atoms with Crippen molar-refractivity contribution in [3.8, 4) is 11.4 Å². The van der Waals surface area contributed by atoms with Crippen LogP contribution in [0, 0.1) is 5.92 Å². The van der Waals surface area contributed by atoms with Crippen LogP contribution in [-0.2, 0) is 4.79 Å². The number of fused-ring (bicyclic) bond motifs is 1. The molecular formula is C24H27N5O4. The molecule has 9 heteroatoms. The molecule has 3 aromatic heterocycles. The average Bonchev–Trinajstić information content (AvgIpc) is 3.60. The second kappa shape index (κ2) is 9.56. The maximum absolute atomic E-state index is 13.4. The third-order valence-electron chi connectivity index (χ3n) is 6.63. The van der Waals surface area contributed by atoms with Gasteiger partial charge in [-0.3, -0.25) is 14.6 Å². The quantitative estimate of drug-likeness (QED) is 0.651. The van der Waals surface area contributed by atoms with E-state index in [9.17, 15) is 9.59 Å². The minimum absolute atomic E-state index is 0.0126. The molecule has 1 saturated heterocycles. The van der Waals surface area contributed by atoms with E-state index in [0.29, 0.717) is 43.2 Å². The molecule has 0 aromatic carbocycles. The lowest BCUT2D eigenvalue weighted by Crippen LogP contribution is -2.47. The maximum Gasteiger partial charge on any atom is 0.257 e. The SMILES string of the molecule is O=C1NCCCCCCN(C(=O)c2ccoc2)C2CC(c3nc(-c4cccnc4)no3)CC12. The van der Waals surface area contributed by atoms with Crippen molar-refractivity contribution in [2.75, 3.05) is 13.1 Å². The molecule has 3 aromatic rings. The predicted octanol–water partition coefficient (Wildman–Crippen LogP) is 3.42. The van der Waals surface area contributed by atoms with E-state index in [0.717, 1.165) is 31.2 Å². The molecule has 2 amide bonds. The van der Waals surface area contributed by atoms with Gasteiger partial charge in [0.2, 0.25) is 17.6 Å². The highest BCUT2D eigenvalue weighted by molar-refractivity contribution is 5.94. The number of nitrogens with one attached hydrogen (secondary N) is 1. The molecule has 2 fully saturated rings. The Kier molecular flexibility index (Phi) is 6.19. The summed E-state index contributed by atoms with van der Waals surface area (Å²) in [6.45, 7) is 1.27. The zero-order valence-electron chi connectivity index (χ0n) is 18.4. The number of nitrogens with zero attached hydrogens (tertiary/aromatic N) is 4. The normalized spacial score (nSPS) is 24.1. The first-order valence-corrected chi connectivity index (χ1v) is 11.6. The van der Waals surface area contributed by atoms with Gasteiger partial charge in [-0.15, -0.1) is 0 Å². The number of carbonyl (C=O) groups excluding carboxylic acids is 2. The Bertz CT molecular complexity index is 1080. The number of hydrogen-bond acceptors (Lipinski definition) is 7. The molecule has 172 valence electrons. The van der Waals surface area contributed by atoms with Gasteiger partial charge in [-0.05, 0) is 43.9 Å². The number of furan rings is 1. The van der Waals surface area contributed by atoms with Crippen molar-refractivity contribution in [1.82, 2.24) is 25.3 Å². The smallest absolute Gasteiger partial charge is 0.257 e. The topological polar surface area (TPSA) is 114 Å². The van der Waals surface area contributed by atoms with Crippen LogP contribution in [0.2, 0.25) is 0 Å². The zero-order valence-corrected chi connectivity index (χ0v) is 18.4. The van der Waals surface area contributed by atoms with Crippen LogP contribution in [0.5, 0.6) is 0 Å². The molecule has 1 N–H and O–H groups in total. The highest BCUT2D eigenvalue weighted by Gasteiger charge is 2.45. The summed E-state index contributed by atoms with van der Waals surface area (Å²) in [6.07, 6.45) is 11.4. The lowest BCUT2D eigenvalue weighted by Gasteiger charge is -2.32. The van der Waals surface area contributed by atoms with Crippen molar-refractivity contribution in [2.45, 2.75) is 50.5 Å². The van der Waals surface area contributed by atoms with Crippen LogP contribution >= 0.6 is 0 Å². The summed E-state index contributed by atoms with van der Waals surface area (Å²) in [7, 11) is 0. The van der Waals surface area contributed by atoms with Crippen LogP contribution in [0.15, 0.2) is 52.1 Å².